The van der Waals surface area contributed by atoms with E-state index in [0.717, 1.165) is 22.5 Å². The van der Waals surface area contributed by atoms with E-state index in [1.54, 1.807) is 30.3 Å². The number of sulfonamides is 1. The second-order valence-corrected chi connectivity index (χ2v) is 8.51. The van der Waals surface area contributed by atoms with E-state index in [9.17, 15) is 22.4 Å². The summed E-state index contributed by atoms with van der Waals surface area (Å²) in [7, 11) is 1.75. The number of carbonyl (C=O) groups is 2. The maximum atomic E-state index is 14.2. The highest BCUT2D eigenvalue weighted by atomic mass is 32.2. The highest BCUT2D eigenvalue weighted by molar-refractivity contribution is 7.89. The molecule has 0 spiro atoms. The van der Waals surface area contributed by atoms with Gasteiger partial charge in [0, 0.05) is 33.8 Å². The molecule has 0 aliphatic carbocycles. The molecule has 2 aromatic carbocycles. The molecule has 0 saturated heterocycles. The third kappa shape index (κ3) is 4.55. The largest absolute Gasteiger partial charge is 0.444 e. The van der Waals surface area contributed by atoms with Crippen molar-refractivity contribution < 1.29 is 27.1 Å². The van der Waals surface area contributed by atoms with Crippen molar-refractivity contribution in [3.05, 3.63) is 65.5 Å². The van der Waals surface area contributed by atoms with Crippen molar-refractivity contribution in [2.75, 3.05) is 28.2 Å². The summed E-state index contributed by atoms with van der Waals surface area (Å²) in [5.74, 6) is -2.61. The molecule has 2 aromatic rings. The predicted molar refractivity (Wildman–Crippen MR) is 101 cm³/mol. The number of ether oxygens (including phenoxy) is 1. The molecule has 0 bridgehead atoms. The smallest absolute Gasteiger partial charge is 0.342 e. The van der Waals surface area contributed by atoms with Crippen LogP contribution >= 0.6 is 0 Å². The van der Waals surface area contributed by atoms with Gasteiger partial charge in [-0.3, -0.25) is 4.79 Å². The second kappa shape index (κ2) is 8.49. The number of esters is 1. The van der Waals surface area contributed by atoms with Crippen molar-refractivity contribution in [3.63, 3.8) is 0 Å². The number of nitrogens with zero attached hydrogens (tertiary/aromatic N) is 2. The fourth-order valence-corrected chi connectivity index (χ4v) is 3.25. The van der Waals surface area contributed by atoms with E-state index in [0.29, 0.717) is 5.56 Å². The molecule has 0 saturated carbocycles. The lowest BCUT2D eigenvalue weighted by Crippen LogP contribution is -2.31. The van der Waals surface area contributed by atoms with Crippen LogP contribution in [0.2, 0.25) is 0 Å². The molecule has 0 aliphatic heterocycles. The van der Waals surface area contributed by atoms with Crippen molar-refractivity contribution in [1.82, 2.24) is 9.21 Å². The van der Waals surface area contributed by atoms with E-state index in [2.05, 4.69) is 0 Å². The Labute approximate surface area is 163 Å². The zero-order chi connectivity index (χ0) is 21.1. The summed E-state index contributed by atoms with van der Waals surface area (Å²) in [5, 5.41) is 0. The molecular weight excluding hydrogens is 387 g/mol. The normalized spacial score (nSPS) is 12.5. The van der Waals surface area contributed by atoms with Gasteiger partial charge in [0.2, 0.25) is 16.1 Å². The standard InChI is InChI=1S/C19H21FN2O5S/c1-21(2)18(23)17(13-8-6-5-7-9-13)27-19(24)15-12-14(10-11-16(15)20)28(25,26)22(3)4/h5-12,17H,1-4H3/t17-/m0/s1. The molecular formula is C19H21FN2O5S. The van der Waals surface area contributed by atoms with Crippen molar-refractivity contribution in [3.8, 4) is 0 Å². The van der Waals surface area contributed by atoms with Crippen molar-refractivity contribution in [1.29, 1.82) is 0 Å². The summed E-state index contributed by atoms with van der Waals surface area (Å²) < 4.78 is 44.9. The maximum Gasteiger partial charge on any atom is 0.342 e. The lowest BCUT2D eigenvalue weighted by molar-refractivity contribution is -0.138. The molecule has 0 heterocycles. The summed E-state index contributed by atoms with van der Waals surface area (Å²) in [6, 6.07) is 11.1. The Hall–Kier alpha value is -2.78. The van der Waals surface area contributed by atoms with Gasteiger partial charge in [-0.25, -0.2) is 21.9 Å². The number of hydrogen-bond donors (Lipinski definition) is 0. The number of amides is 1. The minimum Gasteiger partial charge on any atom is -0.444 e. The van der Waals surface area contributed by atoms with Crippen LogP contribution in [0.3, 0.4) is 0 Å². The minimum atomic E-state index is -3.88. The van der Waals surface area contributed by atoms with Gasteiger partial charge in [0.1, 0.15) is 5.82 Å². The molecule has 0 N–H and O–H groups in total. The number of hydrogen-bond acceptors (Lipinski definition) is 5. The Morgan fingerprint density at radius 1 is 1.00 bits per heavy atom. The number of likely N-dealkylation sites (N-methyl/N-ethyl adjacent to an activating group) is 1. The number of rotatable bonds is 6. The first-order chi connectivity index (χ1) is 13.1. The van der Waals surface area contributed by atoms with E-state index >= 15 is 0 Å². The summed E-state index contributed by atoms with van der Waals surface area (Å²) in [4.78, 5) is 26.0. The van der Waals surface area contributed by atoms with Crippen LogP contribution in [0.5, 0.6) is 0 Å². The van der Waals surface area contributed by atoms with Gasteiger partial charge in [0.05, 0.1) is 10.5 Å². The maximum absolute atomic E-state index is 14.2. The highest BCUT2D eigenvalue weighted by Crippen LogP contribution is 2.24. The van der Waals surface area contributed by atoms with Gasteiger partial charge in [-0.1, -0.05) is 30.3 Å². The first-order valence-corrected chi connectivity index (χ1v) is 9.69. The first-order valence-electron chi connectivity index (χ1n) is 8.25. The molecule has 9 heteroatoms. The molecule has 150 valence electrons. The van der Waals surface area contributed by atoms with Gasteiger partial charge in [0.15, 0.2) is 0 Å². The topological polar surface area (TPSA) is 84.0 Å². The van der Waals surface area contributed by atoms with Crippen LogP contribution in [0.15, 0.2) is 53.4 Å². The summed E-state index contributed by atoms with van der Waals surface area (Å²) in [6.07, 6.45) is -1.29. The van der Waals surface area contributed by atoms with Crippen LogP contribution in [0, 0.1) is 5.82 Å². The van der Waals surface area contributed by atoms with E-state index in [-0.39, 0.29) is 4.90 Å². The molecule has 0 radical (unpaired) electrons. The summed E-state index contributed by atoms with van der Waals surface area (Å²) in [5.41, 5.74) is -0.164. The zero-order valence-corrected chi connectivity index (χ0v) is 16.7. The Kier molecular flexibility index (Phi) is 6.52. The summed E-state index contributed by atoms with van der Waals surface area (Å²) in [6.45, 7) is 0. The SMILES string of the molecule is CN(C)C(=O)[C@@H](OC(=O)c1cc(S(=O)(=O)N(C)C)ccc1F)c1ccccc1. The van der Waals surface area contributed by atoms with E-state index in [1.165, 1.54) is 33.1 Å². The molecule has 1 atom stereocenters. The van der Waals surface area contributed by atoms with E-state index in [1.807, 2.05) is 0 Å². The van der Waals surface area contributed by atoms with Gasteiger partial charge in [-0.15, -0.1) is 0 Å². The Balaban J connectivity index is 2.43. The highest BCUT2D eigenvalue weighted by Gasteiger charge is 2.29. The average molecular weight is 408 g/mol. The molecule has 7 nitrogen and oxygen atoms in total. The van der Waals surface area contributed by atoms with Crippen LogP contribution in [0.1, 0.15) is 22.0 Å². The Morgan fingerprint density at radius 3 is 2.14 bits per heavy atom. The van der Waals surface area contributed by atoms with Gasteiger partial charge in [-0.2, -0.15) is 0 Å². The predicted octanol–water partition coefficient (Wildman–Crippen LogP) is 2.06. The van der Waals surface area contributed by atoms with Crippen LogP contribution in [-0.2, 0) is 19.6 Å². The Morgan fingerprint density at radius 2 is 1.61 bits per heavy atom. The molecule has 0 unspecified atom stereocenters. The molecule has 0 aliphatic rings. The van der Waals surface area contributed by atoms with Gasteiger partial charge >= 0.3 is 5.97 Å². The van der Waals surface area contributed by atoms with Crippen LogP contribution < -0.4 is 0 Å². The lowest BCUT2D eigenvalue weighted by Gasteiger charge is -2.21. The van der Waals surface area contributed by atoms with Gasteiger partial charge in [0.25, 0.3) is 5.91 Å². The quantitative estimate of drug-likeness (QED) is 0.683. The number of benzene rings is 2. The van der Waals surface area contributed by atoms with Crippen LogP contribution in [-0.4, -0.2) is 57.7 Å². The zero-order valence-electron chi connectivity index (χ0n) is 15.9. The van der Waals surface area contributed by atoms with E-state index < -0.39 is 39.4 Å². The number of halogens is 1. The van der Waals surface area contributed by atoms with Crippen molar-refractivity contribution in [2.45, 2.75) is 11.0 Å². The third-order valence-corrected chi connectivity index (χ3v) is 5.74. The van der Waals surface area contributed by atoms with Crippen LogP contribution in [0.25, 0.3) is 0 Å². The fraction of sp³-hybridized carbons (Fsp3) is 0.263. The molecule has 0 fully saturated rings. The van der Waals surface area contributed by atoms with Crippen molar-refractivity contribution in [2.24, 2.45) is 0 Å². The van der Waals surface area contributed by atoms with Crippen LogP contribution in [0.4, 0.5) is 4.39 Å². The third-order valence-electron chi connectivity index (χ3n) is 3.93. The summed E-state index contributed by atoms with van der Waals surface area (Å²) >= 11 is 0. The Bertz CT molecular complexity index is 975. The van der Waals surface area contributed by atoms with Gasteiger partial charge < -0.3 is 9.64 Å². The molecule has 1 amide bonds. The van der Waals surface area contributed by atoms with E-state index in [4.69, 9.17) is 4.74 Å². The lowest BCUT2D eigenvalue weighted by atomic mass is 10.1. The minimum absolute atomic E-state index is 0.263. The molecule has 2 rings (SSSR count). The number of carbonyl (C=O) groups excluding carboxylic acids is 2. The monoisotopic (exact) mass is 408 g/mol. The first kappa shape index (κ1) is 21.5. The second-order valence-electron chi connectivity index (χ2n) is 6.36. The fourth-order valence-electron chi connectivity index (χ4n) is 2.33. The average Bonchev–Trinajstić information content (AvgIpc) is 2.66. The van der Waals surface area contributed by atoms with Crippen molar-refractivity contribution >= 4 is 21.9 Å². The molecule has 28 heavy (non-hydrogen) atoms. The van der Waals surface area contributed by atoms with Gasteiger partial charge in [-0.05, 0) is 18.2 Å². The molecule has 0 aromatic heterocycles.